The van der Waals surface area contributed by atoms with E-state index in [1.807, 2.05) is 6.92 Å². The predicted octanol–water partition coefficient (Wildman–Crippen LogP) is 1.47. The molecule has 0 radical (unpaired) electrons. The Labute approximate surface area is 79.8 Å². The molecule has 3 heteroatoms. The van der Waals surface area contributed by atoms with E-state index in [9.17, 15) is 4.79 Å². The molecule has 0 heterocycles. The molecule has 1 rings (SSSR count). The largest absolute Gasteiger partial charge is 0.465 e. The molecular formula is C10H19NO2. The van der Waals surface area contributed by atoms with Gasteiger partial charge in [0, 0.05) is 5.54 Å². The van der Waals surface area contributed by atoms with Crippen LogP contribution < -0.4 is 5.32 Å². The number of ether oxygens (including phenoxy) is 1. The van der Waals surface area contributed by atoms with Crippen LogP contribution in [0, 0.1) is 0 Å². The Hall–Kier alpha value is -0.570. The molecule has 0 saturated heterocycles. The second-order valence-corrected chi connectivity index (χ2v) is 3.93. The second-order valence-electron chi connectivity index (χ2n) is 3.93. The molecule has 0 bridgehead atoms. The topological polar surface area (TPSA) is 38.3 Å². The zero-order valence-corrected chi connectivity index (χ0v) is 8.56. The van der Waals surface area contributed by atoms with Crippen molar-refractivity contribution in [2.24, 2.45) is 0 Å². The fourth-order valence-corrected chi connectivity index (χ4v) is 1.83. The van der Waals surface area contributed by atoms with Gasteiger partial charge in [0.15, 0.2) is 0 Å². The highest BCUT2D eigenvalue weighted by Crippen LogP contribution is 2.28. The number of hydrogen-bond acceptors (Lipinski definition) is 3. The number of nitrogens with one attached hydrogen (secondary N) is 1. The first kappa shape index (κ1) is 10.5. The summed E-state index contributed by atoms with van der Waals surface area (Å²) >= 11 is 0. The molecule has 13 heavy (non-hydrogen) atoms. The zero-order valence-electron chi connectivity index (χ0n) is 8.56. The summed E-state index contributed by atoms with van der Waals surface area (Å²) in [6, 6.07) is 0. The average Bonchev–Trinajstić information content (AvgIpc) is 2.51. The van der Waals surface area contributed by atoms with Crippen LogP contribution in [0.15, 0.2) is 0 Å². The van der Waals surface area contributed by atoms with Crippen molar-refractivity contribution < 1.29 is 9.53 Å². The van der Waals surface area contributed by atoms with Crippen molar-refractivity contribution >= 4 is 5.97 Å². The maximum atomic E-state index is 11.1. The first-order chi connectivity index (χ1) is 6.16. The molecule has 0 aromatic rings. The standard InChI is InChI=1S/C10H19NO2/c1-3-13-9(12)8-11-10(2)6-4-5-7-10/h11H,3-8H2,1-2H3. The number of carbonyl (C=O) groups excluding carboxylic acids is 1. The quantitative estimate of drug-likeness (QED) is 0.674. The highest BCUT2D eigenvalue weighted by atomic mass is 16.5. The van der Waals surface area contributed by atoms with Crippen molar-refractivity contribution in [1.82, 2.24) is 5.32 Å². The summed E-state index contributed by atoms with van der Waals surface area (Å²) in [6.07, 6.45) is 4.89. The van der Waals surface area contributed by atoms with Gasteiger partial charge >= 0.3 is 5.97 Å². The normalized spacial score (nSPS) is 20.2. The van der Waals surface area contributed by atoms with Crippen LogP contribution in [0.25, 0.3) is 0 Å². The van der Waals surface area contributed by atoms with E-state index >= 15 is 0 Å². The third-order valence-electron chi connectivity index (χ3n) is 2.67. The van der Waals surface area contributed by atoms with Gasteiger partial charge in [-0.05, 0) is 26.7 Å². The van der Waals surface area contributed by atoms with E-state index in [1.54, 1.807) is 0 Å². The molecule has 0 aliphatic heterocycles. The van der Waals surface area contributed by atoms with Crippen molar-refractivity contribution in [3.8, 4) is 0 Å². The minimum absolute atomic E-state index is 0.143. The van der Waals surface area contributed by atoms with Crippen LogP contribution in [0.2, 0.25) is 0 Å². The first-order valence-corrected chi connectivity index (χ1v) is 5.07. The van der Waals surface area contributed by atoms with E-state index in [4.69, 9.17) is 4.74 Å². The monoisotopic (exact) mass is 185 g/mol. The van der Waals surface area contributed by atoms with Crippen molar-refractivity contribution in [3.05, 3.63) is 0 Å². The lowest BCUT2D eigenvalue weighted by molar-refractivity contribution is -0.142. The summed E-state index contributed by atoms with van der Waals surface area (Å²) in [6.45, 7) is 4.83. The van der Waals surface area contributed by atoms with Crippen LogP contribution in [0.3, 0.4) is 0 Å². The molecule has 3 nitrogen and oxygen atoms in total. The minimum atomic E-state index is -0.143. The smallest absolute Gasteiger partial charge is 0.319 e. The lowest BCUT2D eigenvalue weighted by Gasteiger charge is -2.24. The van der Waals surface area contributed by atoms with Gasteiger partial charge in [-0.15, -0.1) is 0 Å². The maximum Gasteiger partial charge on any atom is 0.319 e. The van der Waals surface area contributed by atoms with Crippen molar-refractivity contribution in [2.75, 3.05) is 13.2 Å². The third-order valence-corrected chi connectivity index (χ3v) is 2.67. The third kappa shape index (κ3) is 3.35. The Morgan fingerprint density at radius 2 is 2.08 bits per heavy atom. The van der Waals surface area contributed by atoms with E-state index < -0.39 is 0 Å². The van der Waals surface area contributed by atoms with E-state index in [0.717, 1.165) is 0 Å². The number of hydrogen-bond donors (Lipinski definition) is 1. The zero-order chi connectivity index (χ0) is 9.73. The van der Waals surface area contributed by atoms with Gasteiger partial charge in [-0.25, -0.2) is 0 Å². The number of carbonyl (C=O) groups is 1. The van der Waals surface area contributed by atoms with Gasteiger partial charge in [-0.2, -0.15) is 0 Å². The maximum absolute atomic E-state index is 11.1. The molecule has 1 fully saturated rings. The van der Waals surface area contributed by atoms with Crippen LogP contribution in [0.4, 0.5) is 0 Å². The van der Waals surface area contributed by atoms with Gasteiger partial charge in [-0.3, -0.25) is 4.79 Å². The van der Waals surface area contributed by atoms with E-state index in [-0.39, 0.29) is 11.5 Å². The SMILES string of the molecule is CCOC(=O)CNC1(C)CCCC1. The Morgan fingerprint density at radius 1 is 1.46 bits per heavy atom. The van der Waals surface area contributed by atoms with Gasteiger partial charge in [0.2, 0.25) is 0 Å². The van der Waals surface area contributed by atoms with Gasteiger partial charge in [0.1, 0.15) is 0 Å². The fraction of sp³-hybridized carbons (Fsp3) is 0.900. The Morgan fingerprint density at radius 3 is 2.62 bits per heavy atom. The van der Waals surface area contributed by atoms with Crippen LogP contribution in [0.1, 0.15) is 39.5 Å². The summed E-state index contributed by atoms with van der Waals surface area (Å²) in [5.41, 5.74) is 0.173. The molecule has 0 spiro atoms. The molecule has 1 N–H and O–H groups in total. The Bertz CT molecular complexity index is 174. The molecule has 0 aromatic carbocycles. The average molecular weight is 185 g/mol. The summed E-state index contributed by atoms with van der Waals surface area (Å²) in [5.74, 6) is -0.143. The van der Waals surface area contributed by atoms with Crippen molar-refractivity contribution in [1.29, 1.82) is 0 Å². The molecule has 1 aliphatic rings. The summed E-state index contributed by atoms with van der Waals surface area (Å²) in [7, 11) is 0. The molecule has 0 atom stereocenters. The summed E-state index contributed by atoms with van der Waals surface area (Å²) in [5, 5.41) is 3.27. The highest BCUT2D eigenvalue weighted by molar-refractivity contribution is 5.71. The summed E-state index contributed by atoms with van der Waals surface area (Å²) in [4.78, 5) is 11.1. The van der Waals surface area contributed by atoms with Crippen LogP contribution in [-0.2, 0) is 9.53 Å². The van der Waals surface area contributed by atoms with Gasteiger partial charge in [0.25, 0.3) is 0 Å². The lowest BCUT2D eigenvalue weighted by atomic mass is 10.0. The van der Waals surface area contributed by atoms with Crippen LogP contribution in [0.5, 0.6) is 0 Å². The molecule has 1 saturated carbocycles. The molecular weight excluding hydrogens is 166 g/mol. The number of rotatable bonds is 4. The van der Waals surface area contributed by atoms with Crippen molar-refractivity contribution in [2.45, 2.75) is 45.1 Å². The van der Waals surface area contributed by atoms with E-state index in [0.29, 0.717) is 13.2 Å². The predicted molar refractivity (Wildman–Crippen MR) is 51.5 cm³/mol. The van der Waals surface area contributed by atoms with Crippen LogP contribution >= 0.6 is 0 Å². The highest BCUT2D eigenvalue weighted by Gasteiger charge is 2.28. The van der Waals surface area contributed by atoms with Crippen LogP contribution in [-0.4, -0.2) is 24.7 Å². The lowest BCUT2D eigenvalue weighted by Crippen LogP contribution is -2.42. The minimum Gasteiger partial charge on any atom is -0.465 e. The number of esters is 1. The Balaban J connectivity index is 2.21. The van der Waals surface area contributed by atoms with Crippen molar-refractivity contribution in [3.63, 3.8) is 0 Å². The van der Waals surface area contributed by atoms with Gasteiger partial charge < -0.3 is 10.1 Å². The summed E-state index contributed by atoms with van der Waals surface area (Å²) < 4.78 is 4.85. The molecule has 0 amide bonds. The fourth-order valence-electron chi connectivity index (χ4n) is 1.83. The first-order valence-electron chi connectivity index (χ1n) is 5.07. The molecule has 0 aromatic heterocycles. The molecule has 76 valence electrons. The molecule has 1 aliphatic carbocycles. The second kappa shape index (κ2) is 4.61. The Kier molecular flexibility index (Phi) is 3.72. The van der Waals surface area contributed by atoms with Gasteiger partial charge in [-0.1, -0.05) is 12.8 Å². The van der Waals surface area contributed by atoms with E-state index in [1.165, 1.54) is 25.7 Å². The van der Waals surface area contributed by atoms with E-state index in [2.05, 4.69) is 12.2 Å². The molecule has 0 unspecified atom stereocenters. The van der Waals surface area contributed by atoms with Gasteiger partial charge in [0.05, 0.1) is 13.2 Å².